The molecule has 0 saturated carbocycles. The van der Waals surface area contributed by atoms with Crippen LogP contribution in [0, 0.1) is 0 Å². The van der Waals surface area contributed by atoms with Gasteiger partial charge in [-0.2, -0.15) is 0 Å². The highest BCUT2D eigenvalue weighted by Crippen LogP contribution is 2.41. The summed E-state index contributed by atoms with van der Waals surface area (Å²) in [7, 11) is 0. The number of nitrogens with zero attached hydrogens (tertiary/aromatic N) is 1. The predicted molar refractivity (Wildman–Crippen MR) is 153 cm³/mol. The van der Waals surface area contributed by atoms with Crippen LogP contribution in [0.4, 0.5) is 0 Å². The van der Waals surface area contributed by atoms with Gasteiger partial charge in [0, 0.05) is 18.9 Å². The minimum atomic E-state index is -0.0383. The lowest BCUT2D eigenvalue weighted by Crippen LogP contribution is -2.35. The molecule has 1 fully saturated rings. The first-order chi connectivity index (χ1) is 17.2. The van der Waals surface area contributed by atoms with Crippen LogP contribution in [0.1, 0.15) is 68.1 Å². The molecule has 4 heteroatoms. The molecule has 3 aromatic rings. The molecular formula is C32H41ClN2O. The Labute approximate surface area is 223 Å². The van der Waals surface area contributed by atoms with Crippen molar-refractivity contribution in [2.24, 2.45) is 0 Å². The molecule has 1 N–H and O–H groups in total. The van der Waals surface area contributed by atoms with Gasteiger partial charge in [0.05, 0.1) is 0 Å². The summed E-state index contributed by atoms with van der Waals surface area (Å²) in [5.41, 5.74) is 4.23. The SMILES string of the molecule is CC(=O)NCCCC(CCCN1CCC(c2ccccc2)CC1)(c1ccccc1)c1ccccc1.Cl. The van der Waals surface area contributed by atoms with E-state index in [1.54, 1.807) is 6.92 Å². The van der Waals surface area contributed by atoms with Gasteiger partial charge in [-0.15, -0.1) is 12.4 Å². The maximum atomic E-state index is 11.5. The summed E-state index contributed by atoms with van der Waals surface area (Å²) in [4.78, 5) is 14.1. The summed E-state index contributed by atoms with van der Waals surface area (Å²) in [6.45, 7) is 5.85. The van der Waals surface area contributed by atoms with Gasteiger partial charge in [0.15, 0.2) is 0 Å². The summed E-state index contributed by atoms with van der Waals surface area (Å²) in [6.07, 6.45) is 6.77. The van der Waals surface area contributed by atoms with Crippen LogP contribution in [0.15, 0.2) is 91.0 Å². The zero-order valence-electron chi connectivity index (χ0n) is 21.6. The van der Waals surface area contributed by atoms with Crippen LogP contribution >= 0.6 is 12.4 Å². The zero-order chi connectivity index (χ0) is 24.3. The van der Waals surface area contributed by atoms with Gasteiger partial charge in [0.2, 0.25) is 5.91 Å². The van der Waals surface area contributed by atoms with Crippen LogP contribution in [-0.2, 0) is 10.2 Å². The van der Waals surface area contributed by atoms with E-state index in [0.717, 1.165) is 32.4 Å². The third kappa shape index (κ3) is 7.44. The summed E-state index contributed by atoms with van der Waals surface area (Å²) >= 11 is 0. The molecular weight excluding hydrogens is 464 g/mol. The van der Waals surface area contributed by atoms with E-state index < -0.39 is 0 Å². The fourth-order valence-electron chi connectivity index (χ4n) is 5.86. The summed E-state index contributed by atoms with van der Waals surface area (Å²) in [5, 5.41) is 3.00. The van der Waals surface area contributed by atoms with Gasteiger partial charge in [-0.3, -0.25) is 4.79 Å². The highest BCUT2D eigenvalue weighted by molar-refractivity contribution is 5.85. The van der Waals surface area contributed by atoms with Gasteiger partial charge in [0.25, 0.3) is 0 Å². The molecule has 0 aromatic heterocycles. The molecule has 1 aliphatic rings. The fraction of sp³-hybridized carbons (Fsp3) is 0.406. The molecule has 3 nitrogen and oxygen atoms in total. The molecule has 0 bridgehead atoms. The lowest BCUT2D eigenvalue weighted by molar-refractivity contribution is -0.118. The van der Waals surface area contributed by atoms with E-state index in [0.29, 0.717) is 5.92 Å². The van der Waals surface area contributed by atoms with Crippen LogP contribution in [-0.4, -0.2) is 37.0 Å². The monoisotopic (exact) mass is 504 g/mol. The van der Waals surface area contributed by atoms with Crippen molar-refractivity contribution in [3.05, 3.63) is 108 Å². The number of amides is 1. The fourth-order valence-corrected chi connectivity index (χ4v) is 5.86. The summed E-state index contributed by atoms with van der Waals surface area (Å²) in [6, 6.07) is 33.0. The Morgan fingerprint density at radius 2 is 1.31 bits per heavy atom. The normalized spacial score (nSPS) is 14.7. The molecule has 4 rings (SSSR count). The number of likely N-dealkylation sites (tertiary alicyclic amines) is 1. The molecule has 0 spiro atoms. The molecule has 36 heavy (non-hydrogen) atoms. The Bertz CT molecular complexity index is 978. The number of benzene rings is 3. The van der Waals surface area contributed by atoms with Crippen molar-refractivity contribution in [1.82, 2.24) is 10.2 Å². The summed E-state index contributed by atoms with van der Waals surface area (Å²) in [5.74, 6) is 0.753. The molecule has 0 atom stereocenters. The average molecular weight is 505 g/mol. The Balaban J connectivity index is 0.00000361. The molecule has 0 aliphatic carbocycles. The second kappa shape index (κ2) is 14.2. The average Bonchev–Trinajstić information content (AvgIpc) is 2.92. The molecule has 192 valence electrons. The Morgan fingerprint density at radius 1 is 0.806 bits per heavy atom. The van der Waals surface area contributed by atoms with Crippen molar-refractivity contribution in [1.29, 1.82) is 0 Å². The van der Waals surface area contributed by atoms with Gasteiger partial charge in [-0.1, -0.05) is 91.0 Å². The van der Waals surface area contributed by atoms with Gasteiger partial charge in [0.1, 0.15) is 0 Å². The molecule has 0 unspecified atom stereocenters. The quantitative estimate of drug-likeness (QED) is 0.286. The van der Waals surface area contributed by atoms with Crippen molar-refractivity contribution in [2.75, 3.05) is 26.2 Å². The Morgan fingerprint density at radius 3 is 1.83 bits per heavy atom. The first kappa shape index (κ1) is 28.0. The minimum Gasteiger partial charge on any atom is -0.356 e. The standard InChI is InChI=1S/C32H40N2O.ClH/c1-27(35)33-23-11-21-32(30-15-7-3-8-16-30,31-17-9-4-10-18-31)22-12-24-34-25-19-29(20-26-34)28-13-5-2-6-14-28;/h2-10,13-18,29H,11-12,19-26H2,1H3,(H,33,35);1H. The van der Waals surface area contributed by atoms with Gasteiger partial charge >= 0.3 is 0 Å². The number of carbonyl (C=O) groups is 1. The van der Waals surface area contributed by atoms with E-state index in [1.165, 1.54) is 49.0 Å². The van der Waals surface area contributed by atoms with Crippen LogP contribution in [0.3, 0.4) is 0 Å². The van der Waals surface area contributed by atoms with Crippen molar-refractivity contribution < 1.29 is 4.79 Å². The summed E-state index contributed by atoms with van der Waals surface area (Å²) < 4.78 is 0. The van der Waals surface area contributed by atoms with Gasteiger partial charge in [-0.25, -0.2) is 0 Å². The second-order valence-electron chi connectivity index (χ2n) is 10.0. The van der Waals surface area contributed by atoms with Crippen LogP contribution < -0.4 is 5.32 Å². The zero-order valence-corrected chi connectivity index (χ0v) is 22.4. The van der Waals surface area contributed by atoms with E-state index in [1.807, 2.05) is 0 Å². The van der Waals surface area contributed by atoms with Crippen molar-refractivity contribution in [3.63, 3.8) is 0 Å². The Hall–Kier alpha value is -2.62. The topological polar surface area (TPSA) is 32.3 Å². The van der Waals surface area contributed by atoms with Crippen LogP contribution in [0.2, 0.25) is 0 Å². The lowest BCUT2D eigenvalue weighted by atomic mass is 9.68. The third-order valence-corrected chi connectivity index (χ3v) is 7.74. The first-order valence-electron chi connectivity index (χ1n) is 13.3. The van der Waals surface area contributed by atoms with E-state index in [2.05, 4.69) is 101 Å². The molecule has 3 aromatic carbocycles. The highest BCUT2D eigenvalue weighted by atomic mass is 35.5. The number of halogens is 1. The van der Waals surface area contributed by atoms with Gasteiger partial charge in [-0.05, 0) is 80.8 Å². The number of carbonyl (C=O) groups excluding carboxylic acids is 1. The smallest absolute Gasteiger partial charge is 0.216 e. The maximum absolute atomic E-state index is 11.5. The number of rotatable bonds is 11. The van der Waals surface area contributed by atoms with Crippen LogP contribution in [0.5, 0.6) is 0 Å². The largest absolute Gasteiger partial charge is 0.356 e. The van der Waals surface area contributed by atoms with Crippen molar-refractivity contribution in [2.45, 2.75) is 56.8 Å². The third-order valence-electron chi connectivity index (χ3n) is 7.74. The van der Waals surface area contributed by atoms with E-state index in [-0.39, 0.29) is 23.7 Å². The minimum absolute atomic E-state index is 0. The molecule has 1 saturated heterocycles. The molecule has 1 amide bonds. The first-order valence-corrected chi connectivity index (χ1v) is 13.3. The number of piperidine rings is 1. The molecule has 0 radical (unpaired) electrons. The van der Waals surface area contributed by atoms with Crippen LogP contribution in [0.25, 0.3) is 0 Å². The maximum Gasteiger partial charge on any atom is 0.216 e. The van der Waals surface area contributed by atoms with E-state index in [4.69, 9.17) is 0 Å². The lowest BCUT2D eigenvalue weighted by Gasteiger charge is -2.37. The number of nitrogens with one attached hydrogen (secondary N) is 1. The van der Waals surface area contributed by atoms with Gasteiger partial charge < -0.3 is 10.2 Å². The number of hydrogen-bond donors (Lipinski definition) is 1. The predicted octanol–water partition coefficient (Wildman–Crippen LogP) is 6.97. The van der Waals surface area contributed by atoms with Crippen molar-refractivity contribution in [3.8, 4) is 0 Å². The Kier molecular flexibility index (Phi) is 11.0. The van der Waals surface area contributed by atoms with Crippen molar-refractivity contribution >= 4 is 18.3 Å². The highest BCUT2D eigenvalue weighted by Gasteiger charge is 2.33. The molecule has 1 aliphatic heterocycles. The van der Waals surface area contributed by atoms with E-state index >= 15 is 0 Å². The molecule has 1 heterocycles. The van der Waals surface area contributed by atoms with E-state index in [9.17, 15) is 4.79 Å². The second-order valence-corrected chi connectivity index (χ2v) is 10.0. The number of hydrogen-bond acceptors (Lipinski definition) is 2.